The van der Waals surface area contributed by atoms with E-state index in [-0.39, 0.29) is 43.5 Å². The van der Waals surface area contributed by atoms with Crippen molar-refractivity contribution in [2.24, 2.45) is 11.8 Å². The van der Waals surface area contributed by atoms with Crippen molar-refractivity contribution >= 4 is 67.6 Å². The Kier molecular flexibility index (Phi) is 10.8. The predicted molar refractivity (Wildman–Crippen MR) is 197 cm³/mol. The van der Waals surface area contributed by atoms with Gasteiger partial charge in [0.05, 0.1) is 13.8 Å². The van der Waals surface area contributed by atoms with Gasteiger partial charge in [-0.15, -0.1) is 12.1 Å². The predicted octanol–water partition coefficient (Wildman–Crippen LogP) is 9.84. The molecular formula is C41H41F2IrN2O2Si-. The third-order valence-corrected chi connectivity index (χ3v) is 13.4. The Hall–Kier alpha value is -3.84. The first-order valence-electron chi connectivity index (χ1n) is 16.9. The summed E-state index contributed by atoms with van der Waals surface area (Å²) in [6, 6.07) is 22.3. The monoisotopic (exact) mass is 852 g/mol. The molecular weight excluding hydrogens is 811 g/mol. The number of hydrogen-bond donors (Lipinski definition) is 1. The molecule has 3 heterocycles. The van der Waals surface area contributed by atoms with Crippen LogP contribution in [0.25, 0.3) is 54.5 Å². The molecule has 0 saturated heterocycles. The topological polar surface area (TPSA) is 63.1 Å². The molecule has 7 rings (SSSR count). The number of fused-ring (bicyclic) bond motifs is 7. The number of aromatic nitrogens is 2. The Morgan fingerprint density at radius 3 is 2.22 bits per heavy atom. The summed E-state index contributed by atoms with van der Waals surface area (Å²) in [7, 11) is -2.26. The van der Waals surface area contributed by atoms with Crippen molar-refractivity contribution < 1.29 is 38.8 Å². The van der Waals surface area contributed by atoms with E-state index in [1.54, 1.807) is 0 Å². The van der Waals surface area contributed by atoms with Crippen molar-refractivity contribution in [2.75, 3.05) is 0 Å². The Balaban J connectivity index is 0.000000252. The number of rotatable bonds is 7. The van der Waals surface area contributed by atoms with Crippen molar-refractivity contribution in [1.29, 1.82) is 0 Å². The van der Waals surface area contributed by atoms with Gasteiger partial charge in [0.15, 0.2) is 17.4 Å². The molecule has 0 amide bonds. The standard InChI is InChI=1S/C28H17F2N2Si.C13H24O2.Ir/c1-33(2)25-14-20-17(8-7-15-12-22(29)23(30)13-19(15)20)18-9-10-31-27(26(18)25)21-11-16-5-3-4-6-24(16)32-28(21)33;1-5-10(6-2)12(14)9-13(15)11(7-3)8-4;/h3-10,12-14H,1-2H3;9-11,14H,5-8H2,1-4H3;/q-1;;/b;12-9-;. The molecule has 0 saturated carbocycles. The first-order chi connectivity index (χ1) is 23.0. The van der Waals surface area contributed by atoms with Gasteiger partial charge in [0.2, 0.25) is 0 Å². The second-order valence-corrected chi connectivity index (χ2v) is 17.5. The van der Waals surface area contributed by atoms with E-state index < -0.39 is 19.7 Å². The number of hydrogen-bond acceptors (Lipinski definition) is 4. The van der Waals surface area contributed by atoms with Crippen molar-refractivity contribution in [1.82, 2.24) is 9.97 Å². The number of para-hydroxylation sites is 1. The van der Waals surface area contributed by atoms with Crippen LogP contribution in [0.3, 0.4) is 0 Å². The molecule has 1 radical (unpaired) electrons. The summed E-state index contributed by atoms with van der Waals surface area (Å²) in [5, 5.41) is 18.6. The van der Waals surface area contributed by atoms with Gasteiger partial charge in [-0.05, 0) is 87.0 Å². The molecule has 2 aromatic heterocycles. The van der Waals surface area contributed by atoms with Crippen LogP contribution in [0.5, 0.6) is 0 Å². The fourth-order valence-corrected chi connectivity index (χ4v) is 10.0. The number of nitrogens with zero attached hydrogens (tertiary/aromatic N) is 2. The normalized spacial score (nSPS) is 13.5. The van der Waals surface area contributed by atoms with Crippen LogP contribution in [0, 0.1) is 29.5 Å². The van der Waals surface area contributed by atoms with Gasteiger partial charge in [0.25, 0.3) is 0 Å². The number of pyridine rings is 2. The molecule has 0 fully saturated rings. The van der Waals surface area contributed by atoms with Crippen molar-refractivity contribution in [3.63, 3.8) is 0 Å². The average Bonchev–Trinajstić information content (AvgIpc) is 3.08. The van der Waals surface area contributed by atoms with Crippen molar-refractivity contribution in [3.8, 4) is 11.3 Å². The largest absolute Gasteiger partial charge is 0.512 e. The SMILES string of the molecule is CCC(CC)C(=O)/C=C(\O)C(CC)CC.C[Si]1(C)c2nc3ccccc3[c-]c2-c2nccc3c2c1cc1c2cc(F)c(F)cc2ccc31.[Ir]. The first-order valence-corrected chi connectivity index (χ1v) is 19.9. The van der Waals surface area contributed by atoms with Gasteiger partial charge < -0.3 is 10.1 Å². The van der Waals surface area contributed by atoms with E-state index in [1.807, 2.05) is 76.4 Å². The van der Waals surface area contributed by atoms with Gasteiger partial charge in [-0.25, -0.2) is 8.78 Å². The summed E-state index contributed by atoms with van der Waals surface area (Å²) in [5.74, 6) is -1.11. The molecule has 255 valence electrons. The van der Waals surface area contributed by atoms with Gasteiger partial charge in [-0.3, -0.25) is 9.78 Å². The molecule has 0 bridgehead atoms. The number of allylic oxidation sites excluding steroid dienone is 2. The van der Waals surface area contributed by atoms with Crippen LogP contribution in [0.15, 0.2) is 78.7 Å². The number of benzene rings is 4. The zero-order valence-electron chi connectivity index (χ0n) is 28.8. The minimum absolute atomic E-state index is 0. The summed E-state index contributed by atoms with van der Waals surface area (Å²) in [6.45, 7) is 12.7. The van der Waals surface area contributed by atoms with E-state index in [0.29, 0.717) is 5.39 Å². The second kappa shape index (κ2) is 14.6. The molecule has 0 aliphatic carbocycles. The van der Waals surface area contributed by atoms with Gasteiger partial charge in [-0.1, -0.05) is 93.3 Å². The maximum absolute atomic E-state index is 14.3. The van der Waals surface area contributed by atoms with Crippen LogP contribution in [0.4, 0.5) is 8.78 Å². The number of halogens is 2. The fraction of sp³-hybridized carbons (Fsp3) is 0.293. The minimum Gasteiger partial charge on any atom is -0.512 e. The van der Waals surface area contributed by atoms with Crippen LogP contribution in [-0.2, 0) is 24.9 Å². The zero-order valence-corrected chi connectivity index (χ0v) is 32.1. The van der Waals surface area contributed by atoms with Crippen LogP contribution in [0.1, 0.15) is 53.4 Å². The van der Waals surface area contributed by atoms with E-state index >= 15 is 0 Å². The molecule has 1 aliphatic rings. The van der Waals surface area contributed by atoms with Gasteiger partial charge in [-0.2, -0.15) is 0 Å². The maximum atomic E-state index is 14.3. The number of aliphatic hydroxyl groups is 1. The summed E-state index contributed by atoms with van der Waals surface area (Å²) in [4.78, 5) is 21.6. The number of carbonyl (C=O) groups is 1. The minimum atomic E-state index is -2.26. The molecule has 8 heteroatoms. The molecule has 1 N–H and O–H groups in total. The number of aliphatic hydroxyl groups excluding tert-OH is 1. The third-order valence-electron chi connectivity index (χ3n) is 10.1. The van der Waals surface area contributed by atoms with Crippen LogP contribution < -0.4 is 10.5 Å². The molecule has 6 aromatic rings. The van der Waals surface area contributed by atoms with Crippen LogP contribution >= 0.6 is 0 Å². The van der Waals surface area contributed by atoms with E-state index in [2.05, 4.69) is 25.2 Å². The second-order valence-electron chi connectivity index (χ2n) is 13.3. The summed E-state index contributed by atoms with van der Waals surface area (Å²) >= 11 is 0. The quantitative estimate of drug-likeness (QED) is 0.0572. The van der Waals surface area contributed by atoms with E-state index in [9.17, 15) is 18.7 Å². The number of carbonyl (C=O) groups excluding carboxylic acids is 1. The van der Waals surface area contributed by atoms with Crippen LogP contribution in [0.2, 0.25) is 13.1 Å². The molecule has 1 aliphatic heterocycles. The first kappa shape index (κ1) is 36.4. The Morgan fingerprint density at radius 2 is 1.53 bits per heavy atom. The Labute approximate surface area is 301 Å². The zero-order chi connectivity index (χ0) is 34.3. The Morgan fingerprint density at radius 1 is 0.857 bits per heavy atom. The van der Waals surface area contributed by atoms with Gasteiger partial charge in [0, 0.05) is 49.9 Å². The molecule has 4 nitrogen and oxygen atoms in total. The molecule has 49 heavy (non-hydrogen) atoms. The van der Waals surface area contributed by atoms with E-state index in [0.717, 1.165) is 80.1 Å². The van der Waals surface area contributed by atoms with E-state index in [1.165, 1.54) is 23.4 Å². The maximum Gasteiger partial charge on any atom is 0.162 e. The summed E-state index contributed by atoms with van der Waals surface area (Å²) in [5.41, 5.74) is 2.81. The molecule has 4 aromatic carbocycles. The number of ketones is 1. The van der Waals surface area contributed by atoms with Crippen LogP contribution in [-0.4, -0.2) is 28.9 Å². The molecule has 0 spiro atoms. The summed E-state index contributed by atoms with van der Waals surface area (Å²) in [6.07, 6.45) is 6.73. The smallest absolute Gasteiger partial charge is 0.162 e. The average molecular weight is 852 g/mol. The van der Waals surface area contributed by atoms with E-state index in [4.69, 9.17) is 9.97 Å². The fourth-order valence-electron chi connectivity index (χ4n) is 7.17. The molecule has 0 unspecified atom stereocenters. The van der Waals surface area contributed by atoms with Crippen molar-refractivity contribution in [2.45, 2.75) is 66.5 Å². The summed E-state index contributed by atoms with van der Waals surface area (Å²) < 4.78 is 28.2. The molecule has 0 atom stereocenters. The van der Waals surface area contributed by atoms with Gasteiger partial charge in [0.1, 0.15) is 0 Å². The third kappa shape index (κ3) is 6.47. The van der Waals surface area contributed by atoms with Gasteiger partial charge >= 0.3 is 0 Å². The Bertz CT molecular complexity index is 2240. The van der Waals surface area contributed by atoms with Crippen molar-refractivity contribution in [3.05, 3.63) is 96.4 Å².